The Labute approximate surface area is 149 Å². The van der Waals surface area contributed by atoms with Gasteiger partial charge in [-0.3, -0.25) is 4.79 Å². The predicted octanol–water partition coefficient (Wildman–Crippen LogP) is 0.240. The van der Waals surface area contributed by atoms with Gasteiger partial charge >= 0.3 is 29.6 Å². The molecule has 0 N–H and O–H groups in total. The maximum Gasteiger partial charge on any atom is 1.00 e. The molecule has 0 spiro atoms. The number of rotatable bonds is 5. The average molecular weight is 320 g/mol. The normalized spacial score (nSPS) is 13.4. The fourth-order valence-electron chi connectivity index (χ4n) is 2.46. The number of hydrogen-bond donors (Lipinski definition) is 0. The Balaban J connectivity index is 0.00000400. The summed E-state index contributed by atoms with van der Waals surface area (Å²) in [7, 11) is -4.62. The zero-order chi connectivity index (χ0) is 15.6. The molecule has 0 aliphatic carbocycles. The van der Waals surface area contributed by atoms with Crippen molar-refractivity contribution in [2.75, 3.05) is 0 Å². The monoisotopic (exact) mass is 320 g/mol. The smallest absolute Gasteiger partial charge is 0.744 e. The summed E-state index contributed by atoms with van der Waals surface area (Å²) in [5.41, 5.74) is 0.104. The maximum absolute atomic E-state index is 12.2. The molecule has 0 saturated carbocycles. The molecular weight excluding hydrogens is 299 g/mol. The van der Waals surface area contributed by atoms with Gasteiger partial charge in [0.2, 0.25) is 0 Å². The molecule has 0 saturated heterocycles. The van der Waals surface area contributed by atoms with Crippen LogP contribution in [0.2, 0.25) is 0 Å². The van der Waals surface area contributed by atoms with Crippen LogP contribution in [0.1, 0.15) is 50.9 Å². The summed E-state index contributed by atoms with van der Waals surface area (Å²) < 4.78 is 33.5. The SMILES string of the molecule is CC(CC(=O)c1ccccc1S(=O)(=O)[O-])CC(C)(C)C.[Na+]. The van der Waals surface area contributed by atoms with Gasteiger partial charge in [-0.2, -0.15) is 0 Å². The largest absolute Gasteiger partial charge is 1.00 e. The second-order valence-electron chi connectivity index (χ2n) is 6.45. The summed E-state index contributed by atoms with van der Waals surface area (Å²) >= 11 is 0. The van der Waals surface area contributed by atoms with E-state index in [4.69, 9.17) is 0 Å². The number of hydrogen-bond acceptors (Lipinski definition) is 4. The summed E-state index contributed by atoms with van der Waals surface area (Å²) in [5, 5.41) is 0. The van der Waals surface area contributed by atoms with Gasteiger partial charge in [0.1, 0.15) is 10.1 Å². The fraction of sp³-hybridized carbons (Fsp3) is 0.533. The van der Waals surface area contributed by atoms with Crippen LogP contribution in [0.4, 0.5) is 0 Å². The van der Waals surface area contributed by atoms with Gasteiger partial charge < -0.3 is 4.55 Å². The Morgan fingerprint density at radius 2 is 1.76 bits per heavy atom. The van der Waals surface area contributed by atoms with E-state index >= 15 is 0 Å². The molecule has 0 amide bonds. The molecule has 1 aromatic rings. The van der Waals surface area contributed by atoms with Crippen LogP contribution in [0.15, 0.2) is 29.2 Å². The number of ketones is 1. The molecular formula is C15H21NaO4S. The van der Waals surface area contributed by atoms with Gasteiger partial charge in [0.25, 0.3) is 0 Å². The van der Waals surface area contributed by atoms with Crippen molar-refractivity contribution < 1.29 is 47.3 Å². The minimum Gasteiger partial charge on any atom is -0.744 e. The van der Waals surface area contributed by atoms with Crippen molar-refractivity contribution in [3.05, 3.63) is 29.8 Å². The number of Topliss-reactive ketones (excluding diaryl/α,β-unsaturated/α-hetero) is 1. The Morgan fingerprint density at radius 3 is 2.24 bits per heavy atom. The topological polar surface area (TPSA) is 74.3 Å². The third-order valence-electron chi connectivity index (χ3n) is 2.95. The molecule has 112 valence electrons. The first-order chi connectivity index (χ1) is 9.00. The van der Waals surface area contributed by atoms with E-state index in [2.05, 4.69) is 20.8 Å². The fourth-order valence-corrected chi connectivity index (χ4v) is 3.16. The molecule has 0 aromatic heterocycles. The van der Waals surface area contributed by atoms with Crippen molar-refractivity contribution in [1.82, 2.24) is 0 Å². The Bertz CT molecular complexity index is 588. The van der Waals surface area contributed by atoms with Crippen molar-refractivity contribution in [3.63, 3.8) is 0 Å². The van der Waals surface area contributed by atoms with Gasteiger partial charge in [-0.15, -0.1) is 0 Å². The van der Waals surface area contributed by atoms with E-state index in [0.717, 1.165) is 6.42 Å². The third-order valence-corrected chi connectivity index (χ3v) is 3.85. The van der Waals surface area contributed by atoms with Crippen LogP contribution >= 0.6 is 0 Å². The first-order valence-corrected chi connectivity index (χ1v) is 7.99. The van der Waals surface area contributed by atoms with Gasteiger partial charge in [0.05, 0.1) is 4.90 Å². The Kier molecular flexibility index (Phi) is 7.81. The quantitative estimate of drug-likeness (QED) is 0.442. The summed E-state index contributed by atoms with van der Waals surface area (Å²) in [6.07, 6.45) is 1.09. The molecule has 6 heteroatoms. The number of carbonyl (C=O) groups is 1. The molecule has 0 heterocycles. The summed E-state index contributed by atoms with van der Waals surface area (Å²) in [4.78, 5) is 11.8. The summed E-state index contributed by atoms with van der Waals surface area (Å²) in [5.74, 6) is -0.165. The Hall–Kier alpha value is -0.200. The summed E-state index contributed by atoms with van der Waals surface area (Å²) in [6.45, 7) is 8.22. The van der Waals surface area contributed by atoms with E-state index < -0.39 is 15.0 Å². The minimum absolute atomic E-state index is 0. The second-order valence-corrected chi connectivity index (χ2v) is 7.80. The van der Waals surface area contributed by atoms with Gasteiger partial charge in [0, 0.05) is 12.0 Å². The van der Waals surface area contributed by atoms with Gasteiger partial charge in [-0.25, -0.2) is 8.42 Å². The van der Waals surface area contributed by atoms with Crippen molar-refractivity contribution in [3.8, 4) is 0 Å². The molecule has 0 bridgehead atoms. The molecule has 0 aliphatic rings. The Morgan fingerprint density at radius 1 is 1.24 bits per heavy atom. The van der Waals surface area contributed by atoms with Crippen molar-refractivity contribution in [2.24, 2.45) is 11.3 Å². The molecule has 1 aromatic carbocycles. The van der Waals surface area contributed by atoms with E-state index in [1.165, 1.54) is 18.2 Å². The van der Waals surface area contributed by atoms with Gasteiger partial charge in [-0.1, -0.05) is 45.9 Å². The van der Waals surface area contributed by atoms with E-state index in [-0.39, 0.29) is 58.7 Å². The molecule has 0 radical (unpaired) electrons. The van der Waals surface area contributed by atoms with Crippen LogP contribution in [0.5, 0.6) is 0 Å². The predicted molar refractivity (Wildman–Crippen MR) is 76.6 cm³/mol. The standard InChI is InChI=1S/C15H22O4S.Na/c1-11(10-15(2,3)4)9-13(16)12-7-5-6-8-14(12)20(17,18)19;/h5-8,11H,9-10H2,1-4H3,(H,17,18,19);/q;+1/p-1. The number of carbonyl (C=O) groups excluding carboxylic acids is 1. The minimum atomic E-state index is -4.62. The maximum atomic E-state index is 12.2. The van der Waals surface area contributed by atoms with Crippen molar-refractivity contribution >= 4 is 15.9 Å². The molecule has 1 atom stereocenters. The van der Waals surface area contributed by atoms with Gasteiger partial charge in [-0.05, 0) is 23.8 Å². The first kappa shape index (κ1) is 20.8. The zero-order valence-electron chi connectivity index (χ0n) is 13.3. The molecule has 4 nitrogen and oxygen atoms in total. The van der Waals surface area contributed by atoms with E-state index in [9.17, 15) is 17.8 Å². The van der Waals surface area contributed by atoms with Crippen LogP contribution < -0.4 is 29.6 Å². The van der Waals surface area contributed by atoms with Crippen molar-refractivity contribution in [1.29, 1.82) is 0 Å². The van der Waals surface area contributed by atoms with Gasteiger partial charge in [0.15, 0.2) is 5.78 Å². The molecule has 0 fully saturated rings. The first-order valence-electron chi connectivity index (χ1n) is 6.59. The average Bonchev–Trinajstić information content (AvgIpc) is 2.25. The van der Waals surface area contributed by atoms with Crippen LogP contribution in [0, 0.1) is 11.3 Å². The van der Waals surface area contributed by atoms with Crippen molar-refractivity contribution in [2.45, 2.75) is 45.4 Å². The molecule has 21 heavy (non-hydrogen) atoms. The van der Waals surface area contributed by atoms with Crippen LogP contribution in [-0.4, -0.2) is 18.8 Å². The van der Waals surface area contributed by atoms with Crippen LogP contribution in [0.25, 0.3) is 0 Å². The van der Waals surface area contributed by atoms with E-state index in [1.54, 1.807) is 6.07 Å². The van der Waals surface area contributed by atoms with E-state index in [0.29, 0.717) is 0 Å². The van der Waals surface area contributed by atoms with Crippen LogP contribution in [-0.2, 0) is 10.1 Å². The molecule has 1 rings (SSSR count). The number of benzene rings is 1. The molecule has 1 unspecified atom stereocenters. The zero-order valence-corrected chi connectivity index (χ0v) is 16.2. The summed E-state index contributed by atoms with van der Waals surface area (Å²) in [6, 6.07) is 5.59. The molecule has 0 aliphatic heterocycles. The van der Waals surface area contributed by atoms with E-state index in [1.807, 2.05) is 6.92 Å². The second kappa shape index (κ2) is 7.88. The van der Waals surface area contributed by atoms with Crippen LogP contribution in [0.3, 0.4) is 0 Å². The third kappa shape index (κ3) is 7.06.